The van der Waals surface area contributed by atoms with Gasteiger partial charge in [0.15, 0.2) is 5.78 Å². The van der Waals surface area contributed by atoms with E-state index in [9.17, 15) is 29.4 Å². The summed E-state index contributed by atoms with van der Waals surface area (Å²) in [5.41, 5.74) is 0.524. The molecule has 0 aliphatic carbocycles. The fraction of sp³-hybridized carbons (Fsp3) is 0.188. The Morgan fingerprint density at radius 2 is 1.61 bits per heavy atom. The van der Waals surface area contributed by atoms with Crippen LogP contribution in [0.15, 0.2) is 42.5 Å². The quantitative estimate of drug-likeness (QED) is 0.492. The van der Waals surface area contributed by atoms with Gasteiger partial charge in [-0.3, -0.25) is 9.36 Å². The number of hydrogen-bond donors (Lipinski definition) is 4. The standard InChI is InChI=1S/C16H17O6P/c1-2-13(10-3-5-11(17)6-4-10)16(19)14-8-7-12(18)9-15(14)23(20,21)22/h3-9,13,17-18H,2H2,1H3,(H2,20,21,22). The molecule has 0 amide bonds. The molecule has 6 nitrogen and oxygen atoms in total. The average molecular weight is 336 g/mol. The van der Waals surface area contributed by atoms with E-state index in [1.165, 1.54) is 24.3 Å². The minimum absolute atomic E-state index is 0.0663. The molecule has 4 N–H and O–H groups in total. The SMILES string of the molecule is CCC(C(=O)c1ccc(O)cc1P(=O)(O)O)c1ccc(O)cc1. The van der Waals surface area contributed by atoms with E-state index in [4.69, 9.17) is 0 Å². The van der Waals surface area contributed by atoms with Crippen molar-refractivity contribution in [3.63, 3.8) is 0 Å². The second-order valence-electron chi connectivity index (χ2n) is 5.16. The van der Waals surface area contributed by atoms with Gasteiger partial charge in [0.25, 0.3) is 0 Å². The number of ketones is 1. The van der Waals surface area contributed by atoms with E-state index in [2.05, 4.69) is 0 Å². The van der Waals surface area contributed by atoms with Crippen LogP contribution in [0.1, 0.15) is 35.2 Å². The highest BCUT2D eigenvalue weighted by atomic mass is 31.2. The Morgan fingerprint density at radius 3 is 2.13 bits per heavy atom. The molecule has 2 aromatic rings. The first-order chi connectivity index (χ1) is 10.7. The van der Waals surface area contributed by atoms with E-state index in [0.29, 0.717) is 12.0 Å². The maximum absolute atomic E-state index is 12.8. The van der Waals surface area contributed by atoms with Crippen LogP contribution in [0.5, 0.6) is 11.5 Å². The molecule has 1 atom stereocenters. The van der Waals surface area contributed by atoms with E-state index >= 15 is 0 Å². The van der Waals surface area contributed by atoms with E-state index in [1.54, 1.807) is 19.1 Å². The van der Waals surface area contributed by atoms with Crippen molar-refractivity contribution in [3.8, 4) is 11.5 Å². The van der Waals surface area contributed by atoms with Crippen LogP contribution >= 0.6 is 7.60 Å². The third-order valence-corrected chi connectivity index (χ3v) is 4.58. The third-order valence-electron chi connectivity index (χ3n) is 3.58. The number of benzene rings is 2. The van der Waals surface area contributed by atoms with Crippen LogP contribution in [0.4, 0.5) is 0 Å². The molecule has 0 aromatic heterocycles. The van der Waals surface area contributed by atoms with Crippen molar-refractivity contribution in [1.82, 2.24) is 0 Å². The summed E-state index contributed by atoms with van der Waals surface area (Å²) in [5, 5.41) is 18.3. The Balaban J connectivity index is 2.50. The molecule has 0 radical (unpaired) electrons. The fourth-order valence-corrected chi connectivity index (χ4v) is 3.24. The van der Waals surface area contributed by atoms with Gasteiger partial charge in [-0.15, -0.1) is 0 Å². The third kappa shape index (κ3) is 3.79. The topological polar surface area (TPSA) is 115 Å². The highest BCUT2D eigenvalue weighted by molar-refractivity contribution is 7.60. The van der Waals surface area contributed by atoms with Crippen molar-refractivity contribution in [1.29, 1.82) is 0 Å². The molecule has 0 aliphatic heterocycles. The summed E-state index contributed by atoms with van der Waals surface area (Å²) in [5.74, 6) is -1.31. The van der Waals surface area contributed by atoms with Crippen molar-refractivity contribution >= 4 is 18.7 Å². The van der Waals surface area contributed by atoms with Gasteiger partial charge in [0.1, 0.15) is 11.5 Å². The minimum Gasteiger partial charge on any atom is -0.508 e. The zero-order valence-electron chi connectivity index (χ0n) is 12.4. The van der Waals surface area contributed by atoms with Gasteiger partial charge in [-0.05, 0) is 42.3 Å². The number of phenols is 2. The number of rotatable bonds is 5. The first kappa shape index (κ1) is 17.2. The van der Waals surface area contributed by atoms with E-state index in [1.807, 2.05) is 0 Å². The fourth-order valence-electron chi connectivity index (χ4n) is 2.44. The molecule has 0 saturated carbocycles. The van der Waals surface area contributed by atoms with Gasteiger partial charge in [-0.2, -0.15) is 0 Å². The number of phenolic OH excluding ortho intramolecular Hbond substituents is 2. The molecule has 0 aliphatic rings. The van der Waals surface area contributed by atoms with Crippen LogP contribution in [0.25, 0.3) is 0 Å². The lowest BCUT2D eigenvalue weighted by molar-refractivity contribution is 0.0958. The summed E-state index contributed by atoms with van der Waals surface area (Å²) in [6, 6.07) is 9.44. The highest BCUT2D eigenvalue weighted by Gasteiger charge is 2.29. The Labute approximate surface area is 133 Å². The monoisotopic (exact) mass is 336 g/mol. The average Bonchev–Trinajstić information content (AvgIpc) is 2.48. The molecule has 0 bridgehead atoms. The minimum atomic E-state index is -4.71. The van der Waals surface area contributed by atoms with Gasteiger partial charge in [-0.1, -0.05) is 19.1 Å². The Morgan fingerprint density at radius 1 is 1.04 bits per heavy atom. The molecule has 0 saturated heterocycles. The Hall–Kier alpha value is -2.14. The number of hydrogen-bond acceptors (Lipinski definition) is 4. The highest BCUT2D eigenvalue weighted by Crippen LogP contribution is 2.37. The summed E-state index contributed by atoms with van der Waals surface area (Å²) in [6.07, 6.45) is 0.422. The molecule has 0 heterocycles. The largest absolute Gasteiger partial charge is 0.508 e. The number of aromatic hydroxyl groups is 2. The molecular formula is C16H17O6P. The van der Waals surface area contributed by atoms with Gasteiger partial charge in [0.2, 0.25) is 0 Å². The van der Waals surface area contributed by atoms with Crippen LogP contribution in [0.2, 0.25) is 0 Å². The lowest BCUT2D eigenvalue weighted by atomic mass is 9.88. The molecule has 7 heteroatoms. The van der Waals surface area contributed by atoms with E-state index in [-0.39, 0.29) is 17.1 Å². The van der Waals surface area contributed by atoms with Crippen molar-refractivity contribution < 1.29 is 29.4 Å². The molecule has 0 spiro atoms. The zero-order valence-corrected chi connectivity index (χ0v) is 13.3. The van der Waals surface area contributed by atoms with Gasteiger partial charge in [0.05, 0.1) is 5.30 Å². The van der Waals surface area contributed by atoms with Crippen LogP contribution in [0.3, 0.4) is 0 Å². The van der Waals surface area contributed by atoms with Crippen LogP contribution in [0, 0.1) is 0 Å². The maximum Gasteiger partial charge on any atom is 0.357 e. The lowest BCUT2D eigenvalue weighted by Crippen LogP contribution is -2.21. The molecule has 1 unspecified atom stereocenters. The summed E-state index contributed by atoms with van der Waals surface area (Å²) < 4.78 is 11.6. The van der Waals surface area contributed by atoms with Crippen LogP contribution in [-0.2, 0) is 4.57 Å². The first-order valence-corrected chi connectivity index (χ1v) is 8.57. The summed E-state index contributed by atoms with van der Waals surface area (Å²) in [7, 11) is -4.71. The Bertz CT molecular complexity index is 763. The van der Waals surface area contributed by atoms with E-state index in [0.717, 1.165) is 6.07 Å². The molecular weight excluding hydrogens is 319 g/mol. The van der Waals surface area contributed by atoms with Gasteiger partial charge >= 0.3 is 7.60 Å². The predicted octanol–water partition coefficient (Wildman–Crippen LogP) is 2.28. The van der Waals surface area contributed by atoms with E-state index < -0.39 is 24.6 Å². The van der Waals surface area contributed by atoms with Gasteiger partial charge in [0, 0.05) is 11.5 Å². The van der Waals surface area contributed by atoms with Crippen molar-refractivity contribution in [2.75, 3.05) is 0 Å². The predicted molar refractivity (Wildman–Crippen MR) is 85.3 cm³/mol. The molecule has 2 rings (SSSR count). The van der Waals surface area contributed by atoms with Crippen molar-refractivity contribution in [2.24, 2.45) is 0 Å². The molecule has 23 heavy (non-hydrogen) atoms. The summed E-state index contributed by atoms with van der Waals surface area (Å²) >= 11 is 0. The second kappa shape index (κ2) is 6.54. The van der Waals surface area contributed by atoms with Gasteiger partial charge < -0.3 is 20.0 Å². The van der Waals surface area contributed by atoms with Crippen LogP contribution < -0.4 is 5.30 Å². The first-order valence-electron chi connectivity index (χ1n) is 6.96. The zero-order chi connectivity index (χ0) is 17.2. The Kier molecular flexibility index (Phi) is 4.90. The normalized spacial score (nSPS) is 12.8. The van der Waals surface area contributed by atoms with Gasteiger partial charge in [-0.25, -0.2) is 0 Å². The summed E-state index contributed by atoms with van der Waals surface area (Å²) in [6.45, 7) is 1.78. The maximum atomic E-state index is 12.8. The molecule has 0 fully saturated rings. The smallest absolute Gasteiger partial charge is 0.357 e. The van der Waals surface area contributed by atoms with Crippen molar-refractivity contribution in [3.05, 3.63) is 53.6 Å². The van der Waals surface area contributed by atoms with Crippen molar-refractivity contribution in [2.45, 2.75) is 19.3 Å². The number of carbonyl (C=O) groups is 1. The summed E-state index contributed by atoms with van der Waals surface area (Å²) in [4.78, 5) is 31.6. The number of Topliss-reactive ketones (excluding diaryl/α,β-unsaturated/α-hetero) is 1. The van der Waals surface area contributed by atoms with Crippen LogP contribution in [-0.4, -0.2) is 25.8 Å². The molecule has 122 valence electrons. The number of carbonyl (C=O) groups excluding carboxylic acids is 1. The molecule has 2 aromatic carbocycles. The second-order valence-corrected chi connectivity index (χ2v) is 6.73. The lowest BCUT2D eigenvalue weighted by Gasteiger charge is -2.17.